The van der Waals surface area contributed by atoms with Crippen LogP contribution in [-0.2, 0) is 13.2 Å². The number of hydrogen-bond donors (Lipinski definition) is 1. The van der Waals surface area contributed by atoms with Crippen molar-refractivity contribution in [1.29, 1.82) is 0 Å². The predicted octanol–water partition coefficient (Wildman–Crippen LogP) is 6.09. The number of carbonyl (C=O) groups excluding carboxylic acids is 1. The molecule has 35 heavy (non-hydrogen) atoms. The topological polar surface area (TPSA) is 82.2 Å². The molecule has 7 nitrogen and oxygen atoms in total. The first-order valence-electron chi connectivity index (χ1n) is 11.1. The van der Waals surface area contributed by atoms with Gasteiger partial charge in [-0.05, 0) is 75.6 Å². The number of aryl methyl sites for hydroxylation is 4. The number of carbonyl (C=O) groups is 1. The minimum Gasteiger partial charge on any atom is -0.489 e. The second-order valence-corrected chi connectivity index (χ2v) is 8.98. The van der Waals surface area contributed by atoms with Crippen LogP contribution in [0.2, 0.25) is 5.02 Å². The van der Waals surface area contributed by atoms with Crippen molar-refractivity contribution < 1.29 is 18.4 Å². The van der Waals surface area contributed by atoms with Crippen molar-refractivity contribution in [1.82, 2.24) is 14.9 Å². The summed E-state index contributed by atoms with van der Waals surface area (Å²) in [6, 6.07) is 10.2. The predicted molar refractivity (Wildman–Crippen MR) is 132 cm³/mol. The molecule has 4 aromatic rings. The van der Waals surface area contributed by atoms with Crippen molar-refractivity contribution in [3.05, 3.63) is 92.3 Å². The second-order valence-electron chi connectivity index (χ2n) is 8.57. The molecule has 0 spiro atoms. The molecule has 4 rings (SSSR count). The van der Waals surface area contributed by atoms with E-state index in [1.165, 1.54) is 12.1 Å². The van der Waals surface area contributed by atoms with E-state index in [0.717, 1.165) is 22.4 Å². The highest BCUT2D eigenvalue weighted by atomic mass is 35.5. The fourth-order valence-electron chi connectivity index (χ4n) is 3.93. The minimum atomic E-state index is -0.425. The molecule has 2 aromatic heterocycles. The van der Waals surface area contributed by atoms with Gasteiger partial charge in [-0.1, -0.05) is 28.9 Å². The van der Waals surface area contributed by atoms with Crippen LogP contribution in [0.5, 0.6) is 5.75 Å². The first-order chi connectivity index (χ1) is 16.6. The zero-order chi connectivity index (χ0) is 25.3. The van der Waals surface area contributed by atoms with E-state index in [2.05, 4.69) is 21.6 Å². The number of ether oxygens (including phenoxy) is 1. The second kappa shape index (κ2) is 9.92. The Balaban J connectivity index is 1.52. The van der Waals surface area contributed by atoms with Crippen molar-refractivity contribution in [3.8, 4) is 5.75 Å². The van der Waals surface area contributed by atoms with Crippen LogP contribution < -0.4 is 10.1 Å². The van der Waals surface area contributed by atoms with E-state index in [0.29, 0.717) is 40.0 Å². The molecule has 182 valence electrons. The highest BCUT2D eigenvalue weighted by Crippen LogP contribution is 2.25. The Bertz CT molecular complexity index is 1390. The van der Waals surface area contributed by atoms with Crippen LogP contribution in [0.1, 0.15) is 49.9 Å². The summed E-state index contributed by atoms with van der Waals surface area (Å²) in [6.45, 7) is 9.84. The standard InChI is InChI=1S/C26H26ClFN4O3/c1-14-8-15(2)10-21(9-14)34-13-22-18(5)35-31-25(22)26(33)29-24-16(3)30-32(17(24)4)12-19-6-7-20(28)11-23(19)27/h6-11H,12-13H2,1-5H3,(H,29,33). The molecule has 1 amide bonds. The summed E-state index contributed by atoms with van der Waals surface area (Å²) in [5.74, 6) is 0.392. The highest BCUT2D eigenvalue weighted by Gasteiger charge is 2.23. The van der Waals surface area contributed by atoms with E-state index in [1.807, 2.05) is 32.9 Å². The molecular weight excluding hydrogens is 471 g/mol. The number of aromatic nitrogens is 3. The van der Waals surface area contributed by atoms with Crippen LogP contribution in [0.25, 0.3) is 0 Å². The Morgan fingerprint density at radius 1 is 1.11 bits per heavy atom. The van der Waals surface area contributed by atoms with Gasteiger partial charge < -0.3 is 14.6 Å². The van der Waals surface area contributed by atoms with Crippen molar-refractivity contribution in [2.24, 2.45) is 0 Å². The maximum Gasteiger partial charge on any atom is 0.278 e. The largest absolute Gasteiger partial charge is 0.489 e. The summed E-state index contributed by atoms with van der Waals surface area (Å²) in [6.07, 6.45) is 0. The number of hydrogen-bond acceptors (Lipinski definition) is 5. The molecule has 2 aromatic carbocycles. The lowest BCUT2D eigenvalue weighted by atomic mass is 10.1. The van der Waals surface area contributed by atoms with E-state index in [4.69, 9.17) is 20.9 Å². The fourth-order valence-corrected chi connectivity index (χ4v) is 4.15. The lowest BCUT2D eigenvalue weighted by molar-refractivity contribution is 0.101. The number of nitrogens with zero attached hydrogens (tertiary/aromatic N) is 3. The number of halogens is 2. The fraction of sp³-hybridized carbons (Fsp3) is 0.269. The smallest absolute Gasteiger partial charge is 0.278 e. The van der Waals surface area contributed by atoms with Crippen molar-refractivity contribution in [2.45, 2.75) is 47.8 Å². The molecule has 0 aliphatic carbocycles. The van der Waals surface area contributed by atoms with Crippen LogP contribution in [0.3, 0.4) is 0 Å². The van der Waals surface area contributed by atoms with Gasteiger partial charge in [0.25, 0.3) is 5.91 Å². The maximum atomic E-state index is 13.4. The van der Waals surface area contributed by atoms with Crippen LogP contribution >= 0.6 is 11.6 Å². The summed E-state index contributed by atoms with van der Waals surface area (Å²) in [5, 5.41) is 11.7. The average molecular weight is 497 g/mol. The molecule has 0 saturated carbocycles. The molecular formula is C26H26ClFN4O3. The van der Waals surface area contributed by atoms with E-state index in [9.17, 15) is 9.18 Å². The summed E-state index contributed by atoms with van der Waals surface area (Å²) in [7, 11) is 0. The Morgan fingerprint density at radius 3 is 2.51 bits per heavy atom. The lowest BCUT2D eigenvalue weighted by Crippen LogP contribution is -2.16. The minimum absolute atomic E-state index is 0.140. The molecule has 1 N–H and O–H groups in total. The van der Waals surface area contributed by atoms with E-state index >= 15 is 0 Å². The Morgan fingerprint density at radius 2 is 1.83 bits per heavy atom. The molecule has 0 unspecified atom stereocenters. The van der Waals surface area contributed by atoms with Crippen molar-refractivity contribution in [3.63, 3.8) is 0 Å². The van der Waals surface area contributed by atoms with Crippen LogP contribution in [0.15, 0.2) is 40.9 Å². The summed E-state index contributed by atoms with van der Waals surface area (Å²) >= 11 is 6.17. The van der Waals surface area contributed by atoms with Gasteiger partial charge >= 0.3 is 0 Å². The van der Waals surface area contributed by atoms with Gasteiger partial charge in [-0.25, -0.2) is 4.39 Å². The average Bonchev–Trinajstić information content (AvgIpc) is 3.27. The summed E-state index contributed by atoms with van der Waals surface area (Å²) in [5.41, 5.74) is 5.54. The van der Waals surface area contributed by atoms with Gasteiger partial charge in [0.05, 0.1) is 29.2 Å². The molecule has 0 bridgehead atoms. The molecule has 0 fully saturated rings. The van der Waals surface area contributed by atoms with E-state index < -0.39 is 11.7 Å². The summed E-state index contributed by atoms with van der Waals surface area (Å²) < 4.78 is 26.3. The Kier molecular flexibility index (Phi) is 6.93. The first kappa shape index (κ1) is 24.5. The van der Waals surface area contributed by atoms with Crippen LogP contribution in [-0.4, -0.2) is 20.8 Å². The quantitative estimate of drug-likeness (QED) is 0.335. The van der Waals surface area contributed by atoms with Crippen molar-refractivity contribution in [2.75, 3.05) is 5.32 Å². The number of amides is 1. The van der Waals surface area contributed by atoms with Gasteiger partial charge in [0.15, 0.2) is 5.69 Å². The maximum absolute atomic E-state index is 13.4. The molecule has 0 radical (unpaired) electrons. The first-order valence-corrected chi connectivity index (χ1v) is 11.5. The van der Waals surface area contributed by atoms with Crippen molar-refractivity contribution >= 4 is 23.2 Å². The van der Waals surface area contributed by atoms with E-state index in [1.54, 1.807) is 24.6 Å². The summed E-state index contributed by atoms with van der Waals surface area (Å²) in [4.78, 5) is 13.1. The Hall–Kier alpha value is -3.65. The van der Waals surface area contributed by atoms with E-state index in [-0.39, 0.29) is 12.3 Å². The van der Waals surface area contributed by atoms with Gasteiger partial charge in [-0.15, -0.1) is 0 Å². The molecule has 0 aliphatic rings. The lowest BCUT2D eigenvalue weighted by Gasteiger charge is -2.10. The zero-order valence-electron chi connectivity index (χ0n) is 20.2. The third kappa shape index (κ3) is 5.38. The zero-order valence-corrected chi connectivity index (χ0v) is 21.0. The molecule has 0 aliphatic heterocycles. The third-order valence-electron chi connectivity index (χ3n) is 5.73. The van der Waals surface area contributed by atoms with Gasteiger partial charge in [-0.3, -0.25) is 9.48 Å². The van der Waals surface area contributed by atoms with Gasteiger partial charge in [0, 0.05) is 5.02 Å². The molecule has 2 heterocycles. The van der Waals surface area contributed by atoms with Crippen LogP contribution in [0.4, 0.5) is 10.1 Å². The Labute approximate surface area is 207 Å². The normalized spacial score (nSPS) is 11.1. The molecule has 9 heteroatoms. The monoisotopic (exact) mass is 496 g/mol. The number of nitrogens with one attached hydrogen (secondary N) is 1. The number of anilines is 1. The third-order valence-corrected chi connectivity index (χ3v) is 6.09. The number of rotatable bonds is 7. The van der Waals surface area contributed by atoms with Gasteiger partial charge in [0.2, 0.25) is 0 Å². The van der Waals surface area contributed by atoms with Crippen LogP contribution in [0, 0.1) is 40.4 Å². The van der Waals surface area contributed by atoms with Gasteiger partial charge in [-0.2, -0.15) is 5.10 Å². The SMILES string of the molecule is Cc1cc(C)cc(OCc2c(C(=O)Nc3c(C)nn(Cc4ccc(F)cc4Cl)c3C)noc2C)c1. The molecule has 0 saturated heterocycles. The van der Waals surface area contributed by atoms with Gasteiger partial charge in [0.1, 0.15) is 23.9 Å². The highest BCUT2D eigenvalue weighted by molar-refractivity contribution is 6.31. The number of benzene rings is 2. The molecule has 0 atom stereocenters.